The SMILES string of the molecule is CC(C)(C)OCC1(C)CO1. The number of rotatable bonds is 2. The Kier molecular flexibility index (Phi) is 1.77. The summed E-state index contributed by atoms with van der Waals surface area (Å²) in [5.74, 6) is 0. The van der Waals surface area contributed by atoms with Gasteiger partial charge in [-0.25, -0.2) is 0 Å². The van der Waals surface area contributed by atoms with Crippen molar-refractivity contribution >= 4 is 0 Å². The van der Waals surface area contributed by atoms with Crippen LogP contribution in [0.15, 0.2) is 0 Å². The van der Waals surface area contributed by atoms with Crippen LogP contribution in [0.25, 0.3) is 0 Å². The second kappa shape index (κ2) is 2.21. The van der Waals surface area contributed by atoms with E-state index in [4.69, 9.17) is 9.47 Å². The third-order valence-corrected chi connectivity index (χ3v) is 1.45. The summed E-state index contributed by atoms with van der Waals surface area (Å²) in [5, 5.41) is 0. The molecule has 1 unspecified atom stereocenters. The van der Waals surface area contributed by atoms with Crippen molar-refractivity contribution in [3.63, 3.8) is 0 Å². The van der Waals surface area contributed by atoms with Crippen LogP contribution >= 0.6 is 0 Å². The molecule has 0 aliphatic carbocycles. The fraction of sp³-hybridized carbons (Fsp3) is 1.00. The van der Waals surface area contributed by atoms with Gasteiger partial charge in [0.1, 0.15) is 5.60 Å². The van der Waals surface area contributed by atoms with E-state index in [-0.39, 0.29) is 11.2 Å². The van der Waals surface area contributed by atoms with Crippen LogP contribution in [0.1, 0.15) is 27.7 Å². The average Bonchev–Trinajstić information content (AvgIpc) is 2.43. The van der Waals surface area contributed by atoms with Gasteiger partial charge in [0, 0.05) is 0 Å². The van der Waals surface area contributed by atoms with Gasteiger partial charge in [-0.3, -0.25) is 0 Å². The summed E-state index contributed by atoms with van der Waals surface area (Å²) in [4.78, 5) is 0. The molecule has 0 amide bonds. The first-order valence-electron chi connectivity index (χ1n) is 3.69. The van der Waals surface area contributed by atoms with Crippen molar-refractivity contribution in [3.8, 4) is 0 Å². The van der Waals surface area contributed by atoms with Crippen LogP contribution in [0.5, 0.6) is 0 Å². The van der Waals surface area contributed by atoms with E-state index in [0.717, 1.165) is 13.2 Å². The van der Waals surface area contributed by atoms with Crippen LogP contribution in [0.2, 0.25) is 0 Å². The minimum Gasteiger partial charge on any atom is -0.373 e. The number of hydrogen-bond acceptors (Lipinski definition) is 2. The summed E-state index contributed by atoms with van der Waals surface area (Å²) in [6.07, 6.45) is 0. The summed E-state index contributed by atoms with van der Waals surface area (Å²) >= 11 is 0. The van der Waals surface area contributed by atoms with Crippen LogP contribution in [-0.2, 0) is 9.47 Å². The molecule has 10 heavy (non-hydrogen) atoms. The first-order valence-corrected chi connectivity index (χ1v) is 3.69. The lowest BCUT2D eigenvalue weighted by Gasteiger charge is -2.20. The molecule has 0 spiro atoms. The molecule has 0 radical (unpaired) electrons. The van der Waals surface area contributed by atoms with Crippen molar-refractivity contribution < 1.29 is 9.47 Å². The Bertz CT molecular complexity index is 114. The molecule has 1 fully saturated rings. The van der Waals surface area contributed by atoms with Crippen LogP contribution < -0.4 is 0 Å². The Hall–Kier alpha value is -0.0800. The third-order valence-electron chi connectivity index (χ3n) is 1.45. The van der Waals surface area contributed by atoms with Crippen molar-refractivity contribution in [3.05, 3.63) is 0 Å². The molecule has 1 heterocycles. The van der Waals surface area contributed by atoms with Gasteiger partial charge in [0.25, 0.3) is 0 Å². The van der Waals surface area contributed by atoms with E-state index in [1.54, 1.807) is 0 Å². The lowest BCUT2D eigenvalue weighted by molar-refractivity contribution is -0.0268. The molecule has 1 aliphatic rings. The molecule has 0 bridgehead atoms. The molecular formula is C8H16O2. The molecule has 2 heteroatoms. The maximum Gasteiger partial charge on any atom is 0.112 e. The molecule has 0 saturated carbocycles. The van der Waals surface area contributed by atoms with E-state index in [9.17, 15) is 0 Å². The summed E-state index contributed by atoms with van der Waals surface area (Å²) in [6, 6.07) is 0. The smallest absolute Gasteiger partial charge is 0.112 e. The van der Waals surface area contributed by atoms with Crippen LogP contribution in [0.4, 0.5) is 0 Å². The van der Waals surface area contributed by atoms with Crippen molar-refractivity contribution in [2.24, 2.45) is 0 Å². The third kappa shape index (κ3) is 2.67. The predicted molar refractivity (Wildman–Crippen MR) is 40.1 cm³/mol. The molecule has 2 nitrogen and oxygen atoms in total. The first kappa shape index (κ1) is 8.02. The molecule has 0 aromatic rings. The second-order valence-corrected chi connectivity index (χ2v) is 4.14. The zero-order chi connectivity index (χ0) is 7.83. The molecule has 0 N–H and O–H groups in total. The summed E-state index contributed by atoms with van der Waals surface area (Å²) in [7, 11) is 0. The normalized spacial score (nSPS) is 32.4. The van der Waals surface area contributed by atoms with Gasteiger partial charge in [-0.05, 0) is 27.7 Å². The van der Waals surface area contributed by atoms with Gasteiger partial charge in [-0.1, -0.05) is 0 Å². The van der Waals surface area contributed by atoms with Crippen molar-refractivity contribution in [2.45, 2.75) is 38.9 Å². The van der Waals surface area contributed by atoms with Crippen LogP contribution in [0.3, 0.4) is 0 Å². The van der Waals surface area contributed by atoms with Gasteiger partial charge in [0.15, 0.2) is 0 Å². The topological polar surface area (TPSA) is 21.8 Å². The summed E-state index contributed by atoms with van der Waals surface area (Å²) in [6.45, 7) is 9.80. The minimum atomic E-state index is -0.0328. The highest BCUT2D eigenvalue weighted by molar-refractivity contribution is 4.87. The van der Waals surface area contributed by atoms with Gasteiger partial charge in [-0.15, -0.1) is 0 Å². The maximum absolute atomic E-state index is 5.53. The van der Waals surface area contributed by atoms with Crippen molar-refractivity contribution in [1.29, 1.82) is 0 Å². The Labute approximate surface area is 62.5 Å². The molecule has 0 aromatic carbocycles. The van der Waals surface area contributed by atoms with Gasteiger partial charge < -0.3 is 9.47 Å². The van der Waals surface area contributed by atoms with Crippen LogP contribution in [0, 0.1) is 0 Å². The first-order chi connectivity index (χ1) is 4.41. The molecule has 1 atom stereocenters. The number of epoxide rings is 1. The van der Waals surface area contributed by atoms with E-state index >= 15 is 0 Å². The number of hydrogen-bond donors (Lipinski definition) is 0. The van der Waals surface area contributed by atoms with Gasteiger partial charge in [0.2, 0.25) is 0 Å². The van der Waals surface area contributed by atoms with E-state index in [1.807, 2.05) is 0 Å². The molecular weight excluding hydrogens is 128 g/mol. The van der Waals surface area contributed by atoms with Crippen molar-refractivity contribution in [1.82, 2.24) is 0 Å². The van der Waals surface area contributed by atoms with E-state index in [2.05, 4.69) is 27.7 Å². The molecule has 60 valence electrons. The Morgan fingerprint density at radius 2 is 2.00 bits per heavy atom. The Balaban J connectivity index is 2.17. The standard InChI is InChI=1S/C8H16O2/c1-7(2,3)9-5-8(4)6-10-8/h5-6H2,1-4H3. The fourth-order valence-electron chi connectivity index (χ4n) is 0.576. The summed E-state index contributed by atoms with van der Waals surface area (Å²) in [5.41, 5.74) is 0.00222. The van der Waals surface area contributed by atoms with Gasteiger partial charge in [0.05, 0.1) is 18.8 Å². The lowest BCUT2D eigenvalue weighted by atomic mass is 10.1. The molecule has 0 aromatic heterocycles. The van der Waals surface area contributed by atoms with E-state index in [1.165, 1.54) is 0 Å². The van der Waals surface area contributed by atoms with Crippen LogP contribution in [-0.4, -0.2) is 24.4 Å². The molecule has 1 rings (SSSR count). The zero-order valence-electron chi connectivity index (χ0n) is 7.23. The van der Waals surface area contributed by atoms with Gasteiger partial charge >= 0.3 is 0 Å². The Morgan fingerprint density at radius 1 is 1.50 bits per heavy atom. The Morgan fingerprint density at radius 3 is 2.30 bits per heavy atom. The molecule has 1 saturated heterocycles. The monoisotopic (exact) mass is 144 g/mol. The zero-order valence-corrected chi connectivity index (χ0v) is 7.23. The van der Waals surface area contributed by atoms with Gasteiger partial charge in [-0.2, -0.15) is 0 Å². The van der Waals surface area contributed by atoms with E-state index in [0.29, 0.717) is 0 Å². The van der Waals surface area contributed by atoms with Crippen molar-refractivity contribution in [2.75, 3.05) is 13.2 Å². The second-order valence-electron chi connectivity index (χ2n) is 4.14. The molecule has 1 aliphatic heterocycles. The highest BCUT2D eigenvalue weighted by atomic mass is 16.6. The lowest BCUT2D eigenvalue weighted by Crippen LogP contribution is -2.26. The van der Waals surface area contributed by atoms with E-state index < -0.39 is 0 Å². The number of ether oxygens (including phenoxy) is 2. The predicted octanol–water partition coefficient (Wildman–Crippen LogP) is 1.59. The highest BCUT2D eigenvalue weighted by Gasteiger charge is 2.40. The highest BCUT2D eigenvalue weighted by Crippen LogP contribution is 2.27. The quantitative estimate of drug-likeness (QED) is 0.549. The summed E-state index contributed by atoms with van der Waals surface area (Å²) < 4.78 is 10.7. The average molecular weight is 144 g/mol. The fourth-order valence-corrected chi connectivity index (χ4v) is 0.576. The largest absolute Gasteiger partial charge is 0.373 e. The minimum absolute atomic E-state index is 0.0328. The maximum atomic E-state index is 5.53.